The normalized spacial score (nSPS) is 16.1. The maximum atomic E-state index is 12.4. The van der Waals surface area contributed by atoms with Crippen molar-refractivity contribution in [3.05, 3.63) is 66.1 Å². The van der Waals surface area contributed by atoms with Crippen LogP contribution in [0.25, 0.3) is 0 Å². The van der Waals surface area contributed by atoms with Crippen LogP contribution in [0.5, 0.6) is 5.75 Å². The number of amides is 2. The van der Waals surface area contributed by atoms with Crippen molar-refractivity contribution in [2.24, 2.45) is 0 Å². The first-order valence-electron chi connectivity index (χ1n) is 9.37. The Morgan fingerprint density at radius 1 is 1.17 bits per heavy atom. The average molecular weight is 392 g/mol. The van der Waals surface area contributed by atoms with Gasteiger partial charge in [-0.1, -0.05) is 23.3 Å². The molecule has 1 unspecified atom stereocenters. The van der Waals surface area contributed by atoms with E-state index in [0.717, 1.165) is 5.69 Å². The summed E-state index contributed by atoms with van der Waals surface area (Å²) in [5.74, 6) is 0.444. The van der Waals surface area contributed by atoms with Crippen LogP contribution in [0.3, 0.4) is 0 Å². The van der Waals surface area contributed by atoms with E-state index in [2.05, 4.69) is 15.5 Å². The van der Waals surface area contributed by atoms with E-state index in [1.54, 1.807) is 29.2 Å². The Balaban J connectivity index is 1.41. The number of ether oxygens (including phenoxy) is 1. The maximum Gasteiger partial charge on any atom is 0.322 e. The van der Waals surface area contributed by atoms with Crippen LogP contribution in [0, 0.1) is 0 Å². The standard InChI is InChI=1S/C21H20N4O4/c1-2-28-17-10-8-14(9-11-17)19(27)22-21-24-23-20(29-21)15-12-18(26)25(13-15)16-6-4-3-5-7-16/h3-11,15H,2,12-13H2,1H3,(H,22,24,27). The van der Waals surface area contributed by atoms with Gasteiger partial charge in [-0.15, -0.1) is 5.10 Å². The van der Waals surface area contributed by atoms with Crippen molar-refractivity contribution >= 4 is 23.5 Å². The van der Waals surface area contributed by atoms with Crippen molar-refractivity contribution in [2.75, 3.05) is 23.4 Å². The molecule has 1 aliphatic rings. The highest BCUT2D eigenvalue weighted by molar-refractivity contribution is 6.03. The summed E-state index contributed by atoms with van der Waals surface area (Å²) in [4.78, 5) is 26.4. The first-order valence-corrected chi connectivity index (χ1v) is 9.37. The van der Waals surface area contributed by atoms with Gasteiger partial charge in [0.25, 0.3) is 5.91 Å². The van der Waals surface area contributed by atoms with Gasteiger partial charge in [0, 0.05) is 24.2 Å². The highest BCUT2D eigenvalue weighted by Crippen LogP contribution is 2.31. The Kier molecular flexibility index (Phi) is 5.24. The summed E-state index contributed by atoms with van der Waals surface area (Å²) in [6, 6.07) is 16.2. The molecular weight excluding hydrogens is 372 g/mol. The summed E-state index contributed by atoms with van der Waals surface area (Å²) < 4.78 is 11.0. The molecule has 2 amide bonds. The van der Waals surface area contributed by atoms with Crippen molar-refractivity contribution in [1.29, 1.82) is 0 Å². The fraction of sp³-hybridized carbons (Fsp3) is 0.238. The first-order chi connectivity index (χ1) is 14.1. The molecule has 148 valence electrons. The third kappa shape index (κ3) is 4.11. The van der Waals surface area contributed by atoms with E-state index in [1.807, 2.05) is 37.3 Å². The molecule has 3 aromatic rings. The molecule has 1 atom stereocenters. The van der Waals surface area contributed by atoms with Crippen LogP contribution in [-0.4, -0.2) is 35.2 Å². The Hall–Kier alpha value is -3.68. The summed E-state index contributed by atoms with van der Waals surface area (Å²) in [5.41, 5.74) is 1.28. The largest absolute Gasteiger partial charge is 0.494 e. The molecule has 0 bridgehead atoms. The predicted octanol–water partition coefficient (Wildman–Crippen LogP) is 3.24. The number of hydrogen-bond donors (Lipinski definition) is 1. The molecule has 1 aromatic heterocycles. The Morgan fingerprint density at radius 2 is 1.93 bits per heavy atom. The fourth-order valence-corrected chi connectivity index (χ4v) is 3.22. The van der Waals surface area contributed by atoms with Gasteiger partial charge in [0.1, 0.15) is 5.75 Å². The number of aromatic nitrogens is 2. The number of nitrogens with one attached hydrogen (secondary N) is 1. The molecule has 2 aromatic carbocycles. The quantitative estimate of drug-likeness (QED) is 0.692. The number of anilines is 2. The lowest BCUT2D eigenvalue weighted by atomic mass is 10.1. The Labute approximate surface area is 167 Å². The second kappa shape index (κ2) is 8.14. The number of carbonyl (C=O) groups excluding carboxylic acids is 2. The highest BCUT2D eigenvalue weighted by atomic mass is 16.5. The minimum atomic E-state index is -0.364. The molecular formula is C21H20N4O4. The lowest BCUT2D eigenvalue weighted by Gasteiger charge is -2.15. The van der Waals surface area contributed by atoms with Gasteiger partial charge in [0.15, 0.2) is 0 Å². The van der Waals surface area contributed by atoms with Gasteiger partial charge in [-0.05, 0) is 43.3 Å². The van der Waals surface area contributed by atoms with Crippen LogP contribution >= 0.6 is 0 Å². The van der Waals surface area contributed by atoms with E-state index in [-0.39, 0.29) is 30.2 Å². The second-order valence-corrected chi connectivity index (χ2v) is 6.60. The van der Waals surface area contributed by atoms with Gasteiger partial charge in [0.2, 0.25) is 11.8 Å². The Bertz CT molecular complexity index is 1000. The Morgan fingerprint density at radius 3 is 2.66 bits per heavy atom. The number of rotatable bonds is 6. The molecule has 1 fully saturated rings. The van der Waals surface area contributed by atoms with Crippen LogP contribution in [0.1, 0.15) is 35.5 Å². The minimum absolute atomic E-state index is 0.000580. The number of para-hydroxylation sites is 1. The lowest BCUT2D eigenvalue weighted by Crippen LogP contribution is -2.24. The van der Waals surface area contributed by atoms with Crippen molar-refractivity contribution < 1.29 is 18.7 Å². The van der Waals surface area contributed by atoms with E-state index < -0.39 is 0 Å². The zero-order chi connectivity index (χ0) is 20.2. The molecule has 0 aliphatic carbocycles. The molecule has 29 heavy (non-hydrogen) atoms. The SMILES string of the molecule is CCOc1ccc(C(=O)Nc2nnc(C3CC(=O)N(c4ccccc4)C3)o2)cc1. The van der Waals surface area contributed by atoms with Crippen molar-refractivity contribution in [1.82, 2.24) is 10.2 Å². The van der Waals surface area contributed by atoms with Gasteiger partial charge in [-0.3, -0.25) is 14.9 Å². The third-order valence-corrected chi connectivity index (χ3v) is 4.63. The zero-order valence-electron chi connectivity index (χ0n) is 15.9. The van der Waals surface area contributed by atoms with E-state index in [1.165, 1.54) is 0 Å². The highest BCUT2D eigenvalue weighted by Gasteiger charge is 2.35. The molecule has 0 saturated carbocycles. The van der Waals surface area contributed by atoms with Crippen LogP contribution < -0.4 is 15.0 Å². The number of nitrogens with zero attached hydrogens (tertiary/aromatic N) is 3. The molecule has 8 nitrogen and oxygen atoms in total. The summed E-state index contributed by atoms with van der Waals surface area (Å²) in [6.07, 6.45) is 0.281. The third-order valence-electron chi connectivity index (χ3n) is 4.63. The smallest absolute Gasteiger partial charge is 0.322 e. The average Bonchev–Trinajstić information content (AvgIpc) is 3.36. The first kappa shape index (κ1) is 18.7. The molecule has 4 rings (SSSR count). The fourth-order valence-electron chi connectivity index (χ4n) is 3.22. The van der Waals surface area contributed by atoms with Gasteiger partial charge in [0.05, 0.1) is 12.5 Å². The summed E-state index contributed by atoms with van der Waals surface area (Å²) in [5, 5.41) is 10.5. The van der Waals surface area contributed by atoms with Gasteiger partial charge < -0.3 is 14.1 Å². The maximum absolute atomic E-state index is 12.4. The molecule has 1 saturated heterocycles. The van der Waals surface area contributed by atoms with E-state index in [4.69, 9.17) is 9.15 Å². The number of carbonyl (C=O) groups is 2. The molecule has 0 spiro atoms. The van der Waals surface area contributed by atoms with E-state index in [0.29, 0.717) is 30.4 Å². The van der Waals surface area contributed by atoms with Crippen LogP contribution in [0.15, 0.2) is 59.0 Å². The summed E-state index contributed by atoms with van der Waals surface area (Å²) >= 11 is 0. The van der Waals surface area contributed by atoms with E-state index >= 15 is 0 Å². The lowest BCUT2D eigenvalue weighted by molar-refractivity contribution is -0.117. The van der Waals surface area contributed by atoms with Crippen LogP contribution in [0.4, 0.5) is 11.7 Å². The van der Waals surface area contributed by atoms with Crippen LogP contribution in [0.2, 0.25) is 0 Å². The molecule has 1 N–H and O–H groups in total. The molecule has 8 heteroatoms. The van der Waals surface area contributed by atoms with Crippen LogP contribution in [-0.2, 0) is 4.79 Å². The zero-order valence-corrected chi connectivity index (χ0v) is 15.9. The monoisotopic (exact) mass is 392 g/mol. The topological polar surface area (TPSA) is 97.6 Å². The number of benzene rings is 2. The van der Waals surface area contributed by atoms with Gasteiger partial charge in [-0.2, -0.15) is 0 Å². The number of hydrogen-bond acceptors (Lipinski definition) is 6. The molecule has 2 heterocycles. The molecule has 1 aliphatic heterocycles. The predicted molar refractivity (Wildman–Crippen MR) is 106 cm³/mol. The summed E-state index contributed by atoms with van der Waals surface area (Å²) in [7, 11) is 0. The van der Waals surface area contributed by atoms with E-state index in [9.17, 15) is 9.59 Å². The van der Waals surface area contributed by atoms with Gasteiger partial charge >= 0.3 is 6.01 Å². The molecule has 0 radical (unpaired) electrons. The van der Waals surface area contributed by atoms with Gasteiger partial charge in [-0.25, -0.2) is 0 Å². The van der Waals surface area contributed by atoms with Crippen molar-refractivity contribution in [3.8, 4) is 5.75 Å². The second-order valence-electron chi connectivity index (χ2n) is 6.60. The van der Waals surface area contributed by atoms with Crippen molar-refractivity contribution in [2.45, 2.75) is 19.3 Å². The summed E-state index contributed by atoms with van der Waals surface area (Å²) in [6.45, 7) is 2.91. The van der Waals surface area contributed by atoms with Crippen molar-refractivity contribution in [3.63, 3.8) is 0 Å². The minimum Gasteiger partial charge on any atom is -0.494 e.